The lowest BCUT2D eigenvalue weighted by atomic mass is 10.2. The summed E-state index contributed by atoms with van der Waals surface area (Å²) in [5, 5.41) is 0. The predicted octanol–water partition coefficient (Wildman–Crippen LogP) is 2.28. The van der Waals surface area contributed by atoms with Gasteiger partial charge in [0.05, 0.1) is 6.26 Å². The van der Waals surface area contributed by atoms with Crippen LogP contribution >= 0.6 is 0 Å². The van der Waals surface area contributed by atoms with Gasteiger partial charge in [-0.15, -0.1) is 0 Å². The van der Waals surface area contributed by atoms with Crippen molar-refractivity contribution in [3.8, 4) is 0 Å². The summed E-state index contributed by atoms with van der Waals surface area (Å²) in [6.45, 7) is 3.49. The van der Waals surface area contributed by atoms with Crippen LogP contribution in [0.2, 0.25) is 0 Å². The minimum absolute atomic E-state index is 0.388. The van der Waals surface area contributed by atoms with Gasteiger partial charge in [-0.25, -0.2) is 12.8 Å². The summed E-state index contributed by atoms with van der Waals surface area (Å²) in [5.74, 6) is -1.37. The minimum atomic E-state index is -3.35. The molecule has 0 saturated heterocycles. The second kappa shape index (κ2) is 5.85. The minimum Gasteiger partial charge on any atom is -0.306 e. The Hall–Kier alpha value is -1.89. The smallest absolute Gasteiger partial charge is 0.286 e. The average molecular weight is 312 g/mol. The first-order valence-electron chi connectivity index (χ1n) is 6.50. The Balaban J connectivity index is 2.19. The van der Waals surface area contributed by atoms with Gasteiger partial charge < -0.3 is 4.90 Å². The van der Waals surface area contributed by atoms with E-state index in [0.29, 0.717) is 23.8 Å². The van der Waals surface area contributed by atoms with Crippen LogP contribution in [0.5, 0.6) is 0 Å². The summed E-state index contributed by atoms with van der Waals surface area (Å²) in [5.41, 5.74) is 0.906. The first-order valence-corrected chi connectivity index (χ1v) is 8.39. The van der Waals surface area contributed by atoms with E-state index in [1.54, 1.807) is 12.1 Å². The van der Waals surface area contributed by atoms with E-state index in [1.807, 2.05) is 0 Å². The number of benzene rings is 1. The van der Waals surface area contributed by atoms with Crippen LogP contribution in [-0.2, 0) is 14.8 Å². The zero-order chi connectivity index (χ0) is 15.6. The van der Waals surface area contributed by atoms with Gasteiger partial charge in [-0.3, -0.25) is 9.52 Å². The molecule has 0 unspecified atom stereocenters. The Morgan fingerprint density at radius 2 is 1.95 bits per heavy atom. The molecule has 0 heterocycles. The van der Waals surface area contributed by atoms with E-state index in [2.05, 4.69) is 11.3 Å². The molecule has 1 amide bonds. The van der Waals surface area contributed by atoms with Crippen molar-refractivity contribution < 1.29 is 17.6 Å². The molecule has 1 fully saturated rings. The maximum atomic E-state index is 13.1. The molecular formula is C14H17FN2O3S. The van der Waals surface area contributed by atoms with Gasteiger partial charge in [-0.1, -0.05) is 6.58 Å². The zero-order valence-corrected chi connectivity index (χ0v) is 12.5. The second-order valence-electron chi connectivity index (χ2n) is 5.19. The summed E-state index contributed by atoms with van der Waals surface area (Å²) in [4.78, 5) is 13.2. The molecule has 1 N–H and O–H groups in total. The average Bonchev–Trinajstić information content (AvgIpc) is 3.18. The van der Waals surface area contributed by atoms with E-state index in [1.165, 1.54) is 17.0 Å². The standard InChI is InChI=1S/C14H17FN2O3S/c1-10(15)14(18)17(9-11-3-4-11)13-7-5-12(6-8-13)16-21(2,19)20/h5-8,11,16H,1,3-4,9H2,2H3. The third kappa shape index (κ3) is 4.56. The molecule has 0 bridgehead atoms. The molecule has 114 valence electrons. The van der Waals surface area contributed by atoms with Crippen molar-refractivity contribution >= 4 is 27.3 Å². The summed E-state index contributed by atoms with van der Waals surface area (Å²) in [6.07, 6.45) is 3.10. The van der Waals surface area contributed by atoms with Crippen LogP contribution in [0.4, 0.5) is 15.8 Å². The van der Waals surface area contributed by atoms with E-state index in [4.69, 9.17) is 0 Å². The number of nitrogens with zero attached hydrogens (tertiary/aromatic N) is 1. The SMILES string of the molecule is C=C(F)C(=O)N(CC1CC1)c1ccc(NS(C)(=O)=O)cc1. The highest BCUT2D eigenvalue weighted by atomic mass is 32.2. The van der Waals surface area contributed by atoms with E-state index < -0.39 is 21.8 Å². The van der Waals surface area contributed by atoms with Gasteiger partial charge >= 0.3 is 0 Å². The number of amides is 1. The Bertz CT molecular complexity index is 651. The van der Waals surface area contributed by atoms with E-state index >= 15 is 0 Å². The third-order valence-corrected chi connectivity index (χ3v) is 3.70. The van der Waals surface area contributed by atoms with Crippen molar-refractivity contribution in [3.63, 3.8) is 0 Å². The molecule has 7 heteroatoms. The highest BCUT2D eigenvalue weighted by Crippen LogP contribution is 2.32. The largest absolute Gasteiger partial charge is 0.306 e. The molecule has 1 saturated carbocycles. The molecule has 0 spiro atoms. The molecule has 1 aromatic carbocycles. The lowest BCUT2D eigenvalue weighted by Crippen LogP contribution is -2.32. The van der Waals surface area contributed by atoms with E-state index in [9.17, 15) is 17.6 Å². The van der Waals surface area contributed by atoms with Crippen LogP contribution in [0.25, 0.3) is 0 Å². The molecule has 0 atom stereocenters. The van der Waals surface area contributed by atoms with Crippen LogP contribution in [-0.4, -0.2) is 27.1 Å². The van der Waals surface area contributed by atoms with Crippen LogP contribution in [0.15, 0.2) is 36.7 Å². The van der Waals surface area contributed by atoms with Gasteiger partial charge in [0.2, 0.25) is 10.0 Å². The fourth-order valence-electron chi connectivity index (χ4n) is 1.93. The fourth-order valence-corrected chi connectivity index (χ4v) is 2.50. The van der Waals surface area contributed by atoms with Crippen molar-refractivity contribution in [2.75, 3.05) is 22.4 Å². The van der Waals surface area contributed by atoms with Gasteiger partial charge in [0, 0.05) is 17.9 Å². The maximum absolute atomic E-state index is 13.1. The molecular weight excluding hydrogens is 295 g/mol. The normalized spacial score (nSPS) is 14.6. The molecule has 1 aromatic rings. The van der Waals surface area contributed by atoms with Crippen LogP contribution in [0.3, 0.4) is 0 Å². The number of sulfonamides is 1. The number of halogens is 1. The Morgan fingerprint density at radius 3 is 2.38 bits per heavy atom. The summed E-state index contributed by atoms with van der Waals surface area (Å²) >= 11 is 0. The van der Waals surface area contributed by atoms with Crippen LogP contribution in [0, 0.1) is 5.92 Å². The zero-order valence-electron chi connectivity index (χ0n) is 11.7. The first-order chi connectivity index (χ1) is 9.76. The quantitative estimate of drug-likeness (QED) is 0.820. The topological polar surface area (TPSA) is 66.5 Å². The molecule has 21 heavy (non-hydrogen) atoms. The number of hydrogen-bond donors (Lipinski definition) is 1. The number of carbonyl (C=O) groups excluding carboxylic acids is 1. The summed E-state index contributed by atoms with van der Waals surface area (Å²) in [7, 11) is -3.35. The Kier molecular flexibility index (Phi) is 4.32. The molecule has 0 aromatic heterocycles. The highest BCUT2D eigenvalue weighted by Gasteiger charge is 2.28. The molecule has 2 rings (SSSR count). The molecule has 0 aliphatic heterocycles. The van der Waals surface area contributed by atoms with Crippen molar-refractivity contribution in [1.82, 2.24) is 0 Å². The van der Waals surface area contributed by atoms with Gasteiger partial charge in [0.15, 0.2) is 5.83 Å². The fraction of sp³-hybridized carbons (Fsp3) is 0.357. The van der Waals surface area contributed by atoms with Gasteiger partial charge in [0.25, 0.3) is 5.91 Å². The first kappa shape index (κ1) is 15.5. The number of nitrogens with one attached hydrogen (secondary N) is 1. The monoisotopic (exact) mass is 312 g/mol. The maximum Gasteiger partial charge on any atom is 0.286 e. The number of hydrogen-bond acceptors (Lipinski definition) is 3. The molecule has 0 radical (unpaired) electrons. The number of rotatable bonds is 6. The lowest BCUT2D eigenvalue weighted by molar-refractivity contribution is -0.116. The van der Waals surface area contributed by atoms with Crippen LogP contribution in [0.1, 0.15) is 12.8 Å². The second-order valence-corrected chi connectivity index (χ2v) is 6.93. The van der Waals surface area contributed by atoms with Crippen LogP contribution < -0.4 is 9.62 Å². The predicted molar refractivity (Wildman–Crippen MR) is 80.2 cm³/mol. The van der Waals surface area contributed by atoms with Gasteiger partial charge in [-0.2, -0.15) is 0 Å². The molecule has 1 aliphatic carbocycles. The van der Waals surface area contributed by atoms with Crippen molar-refractivity contribution in [2.45, 2.75) is 12.8 Å². The molecule has 1 aliphatic rings. The molecule has 5 nitrogen and oxygen atoms in total. The van der Waals surface area contributed by atoms with E-state index in [0.717, 1.165) is 19.1 Å². The lowest BCUT2D eigenvalue weighted by Gasteiger charge is -2.22. The van der Waals surface area contributed by atoms with Crippen molar-refractivity contribution in [1.29, 1.82) is 0 Å². The summed E-state index contributed by atoms with van der Waals surface area (Å²) < 4.78 is 37.7. The van der Waals surface area contributed by atoms with Crippen molar-refractivity contribution in [2.24, 2.45) is 5.92 Å². The number of anilines is 2. The Labute approximate surface area is 123 Å². The third-order valence-electron chi connectivity index (χ3n) is 3.10. The highest BCUT2D eigenvalue weighted by molar-refractivity contribution is 7.92. The van der Waals surface area contributed by atoms with Gasteiger partial charge in [0.1, 0.15) is 0 Å². The summed E-state index contributed by atoms with van der Waals surface area (Å²) in [6, 6.07) is 6.22. The van der Waals surface area contributed by atoms with E-state index in [-0.39, 0.29) is 0 Å². The van der Waals surface area contributed by atoms with Gasteiger partial charge in [-0.05, 0) is 43.0 Å². The van der Waals surface area contributed by atoms with Crippen molar-refractivity contribution in [3.05, 3.63) is 36.7 Å². The Morgan fingerprint density at radius 1 is 1.38 bits per heavy atom. The number of carbonyl (C=O) groups is 1.